The topological polar surface area (TPSA) is 108 Å². The van der Waals surface area contributed by atoms with Crippen LogP contribution in [-0.4, -0.2) is 60.7 Å². The number of carbonyl (C=O) groups is 3. The Hall–Kier alpha value is -3.46. The van der Waals surface area contributed by atoms with Crippen molar-refractivity contribution in [3.8, 4) is 0 Å². The normalized spacial score (nSPS) is 11.5. The summed E-state index contributed by atoms with van der Waals surface area (Å²) in [5, 5.41) is 14.9. The van der Waals surface area contributed by atoms with E-state index in [-0.39, 0.29) is 30.8 Å². The molecule has 3 amide bonds. The molecule has 9 heteroatoms. The first-order valence-corrected chi connectivity index (χ1v) is 11.2. The molecule has 2 aromatic rings. The van der Waals surface area contributed by atoms with E-state index in [0.717, 1.165) is 28.9 Å². The van der Waals surface area contributed by atoms with Gasteiger partial charge in [0.05, 0.1) is 6.61 Å². The number of hydrogen-bond acceptors (Lipinski definition) is 4. The van der Waals surface area contributed by atoms with Crippen LogP contribution in [-0.2, 0) is 27.4 Å². The molecule has 0 aliphatic carbocycles. The van der Waals surface area contributed by atoms with Crippen molar-refractivity contribution in [2.45, 2.75) is 38.3 Å². The van der Waals surface area contributed by atoms with Crippen LogP contribution in [0.25, 0.3) is 0 Å². The molecule has 0 aromatic heterocycles. The van der Waals surface area contributed by atoms with Gasteiger partial charge in [-0.1, -0.05) is 42.5 Å². The Labute approximate surface area is 199 Å². The lowest BCUT2D eigenvalue weighted by Crippen LogP contribution is -2.48. The molecule has 1 unspecified atom stereocenters. The zero-order valence-electron chi connectivity index (χ0n) is 19.3. The molecule has 0 aliphatic heterocycles. The molecule has 0 saturated carbocycles. The number of halogens is 1. The van der Waals surface area contributed by atoms with Crippen LogP contribution in [0.3, 0.4) is 0 Å². The van der Waals surface area contributed by atoms with E-state index in [1.807, 2.05) is 30.3 Å². The molecule has 0 spiro atoms. The minimum absolute atomic E-state index is 0.0761. The van der Waals surface area contributed by atoms with Crippen molar-refractivity contribution in [1.29, 1.82) is 0 Å². The molecule has 2 aromatic carbocycles. The highest BCUT2D eigenvalue weighted by molar-refractivity contribution is 5.85. The van der Waals surface area contributed by atoms with Gasteiger partial charge in [-0.3, -0.25) is 14.5 Å². The lowest BCUT2D eigenvalue weighted by Gasteiger charge is -2.25. The van der Waals surface area contributed by atoms with Crippen LogP contribution in [0, 0.1) is 5.82 Å². The second-order valence-electron chi connectivity index (χ2n) is 7.92. The Morgan fingerprint density at radius 1 is 0.941 bits per heavy atom. The SMILES string of the molecule is CN(C(=O)O)C(Cc1ccccc1)C(=O)NCCCCCNC(=O)COCc1ccc(F)cc1. The van der Waals surface area contributed by atoms with Crippen LogP contribution in [0.2, 0.25) is 0 Å². The van der Waals surface area contributed by atoms with Gasteiger partial charge in [0, 0.05) is 26.6 Å². The van der Waals surface area contributed by atoms with Crippen LogP contribution in [0.4, 0.5) is 9.18 Å². The fourth-order valence-electron chi connectivity index (χ4n) is 3.25. The number of nitrogens with zero attached hydrogens (tertiary/aromatic N) is 1. The lowest BCUT2D eigenvalue weighted by atomic mass is 10.0. The highest BCUT2D eigenvalue weighted by Crippen LogP contribution is 2.09. The Morgan fingerprint density at radius 2 is 1.59 bits per heavy atom. The standard InChI is InChI=1S/C25H32FN3O5/c1-29(25(32)33)22(16-19-8-4-2-5-9-19)24(31)28-15-7-3-6-14-27-23(30)18-34-17-20-10-12-21(26)13-11-20/h2,4-5,8-13,22H,3,6-7,14-18H2,1H3,(H,27,30)(H,28,31)(H,32,33). The Kier molecular flexibility index (Phi) is 11.5. The maximum atomic E-state index is 12.9. The Bertz CT molecular complexity index is 909. The molecule has 0 aliphatic rings. The summed E-state index contributed by atoms with van der Waals surface area (Å²) < 4.78 is 18.2. The summed E-state index contributed by atoms with van der Waals surface area (Å²) in [6.45, 7) is 1.07. The average Bonchev–Trinajstić information content (AvgIpc) is 2.83. The van der Waals surface area contributed by atoms with Gasteiger partial charge in [0.2, 0.25) is 11.8 Å². The number of carboxylic acid groups (broad SMARTS) is 1. The maximum absolute atomic E-state index is 12.9. The lowest BCUT2D eigenvalue weighted by molar-refractivity contribution is -0.126. The van der Waals surface area contributed by atoms with Crippen LogP contribution < -0.4 is 10.6 Å². The highest BCUT2D eigenvalue weighted by Gasteiger charge is 2.26. The Morgan fingerprint density at radius 3 is 2.24 bits per heavy atom. The van der Waals surface area contributed by atoms with Gasteiger partial charge >= 0.3 is 6.09 Å². The molecule has 0 bridgehead atoms. The minimum atomic E-state index is -1.16. The van der Waals surface area contributed by atoms with Crippen molar-refractivity contribution >= 4 is 17.9 Å². The van der Waals surface area contributed by atoms with Crippen molar-refractivity contribution in [2.75, 3.05) is 26.7 Å². The fourth-order valence-corrected chi connectivity index (χ4v) is 3.25. The zero-order valence-corrected chi connectivity index (χ0v) is 19.3. The monoisotopic (exact) mass is 473 g/mol. The van der Waals surface area contributed by atoms with Crippen molar-refractivity contribution < 1.29 is 28.6 Å². The van der Waals surface area contributed by atoms with Gasteiger partial charge in [0.1, 0.15) is 18.5 Å². The Balaban J connectivity index is 1.58. The largest absolute Gasteiger partial charge is 0.465 e. The maximum Gasteiger partial charge on any atom is 0.407 e. The van der Waals surface area contributed by atoms with Crippen molar-refractivity contribution in [3.63, 3.8) is 0 Å². The summed E-state index contributed by atoms with van der Waals surface area (Å²) in [6, 6.07) is 14.4. The predicted octanol–water partition coefficient (Wildman–Crippen LogP) is 2.97. The molecular weight excluding hydrogens is 441 g/mol. The van der Waals surface area contributed by atoms with E-state index in [0.29, 0.717) is 25.9 Å². The third-order valence-electron chi connectivity index (χ3n) is 5.23. The molecule has 0 fully saturated rings. The average molecular weight is 474 g/mol. The van der Waals surface area contributed by atoms with E-state index < -0.39 is 12.1 Å². The number of amides is 3. The zero-order chi connectivity index (χ0) is 24.8. The van der Waals surface area contributed by atoms with Gasteiger partial charge in [-0.2, -0.15) is 0 Å². The van der Waals surface area contributed by atoms with Gasteiger partial charge in [0.15, 0.2) is 0 Å². The first-order valence-electron chi connectivity index (χ1n) is 11.2. The van der Waals surface area contributed by atoms with Crippen LogP contribution in [0.15, 0.2) is 54.6 Å². The first-order chi connectivity index (χ1) is 16.4. The van der Waals surface area contributed by atoms with Gasteiger partial charge in [-0.15, -0.1) is 0 Å². The number of ether oxygens (including phenoxy) is 1. The van der Waals surface area contributed by atoms with Gasteiger partial charge in [0.25, 0.3) is 0 Å². The third kappa shape index (κ3) is 9.99. The van der Waals surface area contributed by atoms with E-state index in [1.54, 1.807) is 12.1 Å². The first kappa shape index (κ1) is 26.8. The second kappa shape index (κ2) is 14.6. The molecule has 0 saturated heterocycles. The van der Waals surface area contributed by atoms with Crippen LogP contribution in [0.1, 0.15) is 30.4 Å². The molecule has 2 rings (SSSR count). The van der Waals surface area contributed by atoms with Crippen molar-refractivity contribution in [2.24, 2.45) is 0 Å². The molecular formula is C25H32FN3O5. The summed E-state index contributed by atoms with van der Waals surface area (Å²) in [5.41, 5.74) is 1.67. The van der Waals surface area contributed by atoms with E-state index in [1.165, 1.54) is 19.2 Å². The van der Waals surface area contributed by atoms with Crippen LogP contribution in [0.5, 0.6) is 0 Å². The minimum Gasteiger partial charge on any atom is -0.465 e. The van der Waals surface area contributed by atoms with E-state index in [2.05, 4.69) is 10.6 Å². The fraction of sp³-hybridized carbons (Fsp3) is 0.400. The number of hydrogen-bond donors (Lipinski definition) is 3. The van der Waals surface area contributed by atoms with Crippen molar-refractivity contribution in [1.82, 2.24) is 15.5 Å². The summed E-state index contributed by atoms with van der Waals surface area (Å²) in [4.78, 5) is 36.8. The summed E-state index contributed by atoms with van der Waals surface area (Å²) in [5.74, 6) is -0.878. The third-order valence-corrected chi connectivity index (χ3v) is 5.23. The predicted molar refractivity (Wildman–Crippen MR) is 126 cm³/mol. The van der Waals surface area contributed by atoms with Crippen molar-refractivity contribution in [3.05, 3.63) is 71.5 Å². The molecule has 3 N–H and O–H groups in total. The number of carbonyl (C=O) groups excluding carboxylic acids is 2. The molecule has 8 nitrogen and oxygen atoms in total. The number of unbranched alkanes of at least 4 members (excludes halogenated alkanes) is 2. The molecule has 34 heavy (non-hydrogen) atoms. The summed E-state index contributed by atoms with van der Waals surface area (Å²) in [6.07, 6.45) is 1.37. The molecule has 184 valence electrons. The van der Waals surface area contributed by atoms with Gasteiger partial charge in [-0.05, 0) is 42.5 Å². The van der Waals surface area contributed by atoms with E-state index in [9.17, 15) is 23.9 Å². The highest BCUT2D eigenvalue weighted by atomic mass is 19.1. The number of nitrogens with one attached hydrogen (secondary N) is 2. The summed E-state index contributed by atoms with van der Waals surface area (Å²) in [7, 11) is 1.39. The number of benzene rings is 2. The van der Waals surface area contributed by atoms with E-state index in [4.69, 9.17) is 4.74 Å². The molecule has 0 radical (unpaired) electrons. The number of likely N-dealkylation sites (N-methyl/N-ethyl adjacent to an activating group) is 1. The van der Waals surface area contributed by atoms with E-state index >= 15 is 0 Å². The quantitative estimate of drug-likeness (QED) is 0.366. The van der Waals surface area contributed by atoms with Gasteiger partial charge < -0.3 is 20.5 Å². The van der Waals surface area contributed by atoms with Crippen LogP contribution >= 0.6 is 0 Å². The smallest absolute Gasteiger partial charge is 0.407 e. The summed E-state index contributed by atoms with van der Waals surface area (Å²) >= 11 is 0. The molecule has 0 heterocycles. The molecule has 1 atom stereocenters. The second-order valence-corrected chi connectivity index (χ2v) is 7.92. The number of rotatable bonds is 14. The van der Waals surface area contributed by atoms with Gasteiger partial charge in [-0.25, -0.2) is 9.18 Å².